The molecule has 2 saturated heterocycles. The molecular formula is C14H23N5S. The van der Waals surface area contributed by atoms with Crippen molar-refractivity contribution in [3.05, 3.63) is 12.4 Å². The minimum Gasteiger partial charge on any atom is -0.370 e. The second-order valence-corrected chi connectivity index (χ2v) is 6.68. The largest absolute Gasteiger partial charge is 0.370 e. The quantitative estimate of drug-likeness (QED) is 0.876. The standard InChI is InChI=1S/C14H23N5S/c1-2-12(9-15-3-1)10-16-13-8-14(18-11-17-13)19-4-6-20-7-5-19/h8,11-12,15H,1-7,9-10H2,(H,16,17,18). The molecule has 2 aliphatic heterocycles. The van der Waals surface area contributed by atoms with E-state index in [1.54, 1.807) is 6.33 Å². The first-order valence-electron chi connectivity index (χ1n) is 7.51. The van der Waals surface area contributed by atoms with Crippen LogP contribution in [0.3, 0.4) is 0 Å². The van der Waals surface area contributed by atoms with Gasteiger partial charge in [-0.05, 0) is 31.8 Å². The molecule has 1 aromatic rings. The molecule has 0 aliphatic carbocycles. The summed E-state index contributed by atoms with van der Waals surface area (Å²) in [6.07, 6.45) is 4.27. The van der Waals surface area contributed by atoms with Crippen molar-refractivity contribution < 1.29 is 0 Å². The molecule has 2 aliphatic rings. The Hall–Kier alpha value is -1.01. The molecule has 3 heterocycles. The monoisotopic (exact) mass is 293 g/mol. The van der Waals surface area contributed by atoms with Crippen molar-refractivity contribution in [2.24, 2.45) is 5.92 Å². The van der Waals surface area contributed by atoms with Crippen molar-refractivity contribution in [1.82, 2.24) is 15.3 Å². The van der Waals surface area contributed by atoms with E-state index < -0.39 is 0 Å². The molecule has 0 bridgehead atoms. The van der Waals surface area contributed by atoms with Gasteiger partial charge in [0.15, 0.2) is 0 Å². The summed E-state index contributed by atoms with van der Waals surface area (Å²) in [6.45, 7) is 5.47. The van der Waals surface area contributed by atoms with Crippen molar-refractivity contribution in [3.8, 4) is 0 Å². The third kappa shape index (κ3) is 3.76. The van der Waals surface area contributed by atoms with E-state index in [4.69, 9.17) is 0 Å². The van der Waals surface area contributed by atoms with Gasteiger partial charge in [-0.25, -0.2) is 9.97 Å². The van der Waals surface area contributed by atoms with E-state index in [0.717, 1.165) is 37.8 Å². The summed E-state index contributed by atoms with van der Waals surface area (Å²) in [6, 6.07) is 2.09. The molecule has 0 amide bonds. The maximum absolute atomic E-state index is 4.41. The van der Waals surface area contributed by atoms with Gasteiger partial charge in [-0.1, -0.05) is 0 Å². The molecule has 6 heteroatoms. The summed E-state index contributed by atoms with van der Waals surface area (Å²) in [5.41, 5.74) is 0. The zero-order valence-electron chi connectivity index (χ0n) is 11.8. The van der Waals surface area contributed by atoms with Crippen LogP contribution in [-0.2, 0) is 0 Å². The Morgan fingerprint density at radius 1 is 1.35 bits per heavy atom. The van der Waals surface area contributed by atoms with E-state index in [1.807, 2.05) is 11.8 Å². The van der Waals surface area contributed by atoms with Gasteiger partial charge >= 0.3 is 0 Å². The molecule has 1 unspecified atom stereocenters. The van der Waals surface area contributed by atoms with E-state index in [9.17, 15) is 0 Å². The molecule has 1 atom stereocenters. The zero-order chi connectivity index (χ0) is 13.6. The van der Waals surface area contributed by atoms with Gasteiger partial charge in [0.1, 0.15) is 18.0 Å². The molecule has 2 fully saturated rings. The van der Waals surface area contributed by atoms with Gasteiger partial charge < -0.3 is 15.5 Å². The van der Waals surface area contributed by atoms with Crippen LogP contribution in [0.2, 0.25) is 0 Å². The molecule has 0 radical (unpaired) electrons. The smallest absolute Gasteiger partial charge is 0.134 e. The SMILES string of the molecule is c1nc(NCC2CCCNC2)cc(N2CCSCC2)n1. The predicted octanol–water partition coefficient (Wildman–Crippen LogP) is 1.44. The molecule has 20 heavy (non-hydrogen) atoms. The Morgan fingerprint density at radius 2 is 2.25 bits per heavy atom. The van der Waals surface area contributed by atoms with Crippen molar-refractivity contribution in [3.63, 3.8) is 0 Å². The Balaban J connectivity index is 1.56. The van der Waals surface area contributed by atoms with Crippen molar-refractivity contribution in [2.75, 3.05) is 54.4 Å². The third-order valence-electron chi connectivity index (χ3n) is 3.96. The lowest BCUT2D eigenvalue weighted by atomic mass is 10.00. The molecule has 110 valence electrons. The highest BCUT2D eigenvalue weighted by Gasteiger charge is 2.15. The number of aromatic nitrogens is 2. The topological polar surface area (TPSA) is 53.1 Å². The number of hydrogen-bond donors (Lipinski definition) is 2. The van der Waals surface area contributed by atoms with Gasteiger partial charge in [-0.15, -0.1) is 0 Å². The fourth-order valence-corrected chi connectivity index (χ4v) is 3.66. The van der Waals surface area contributed by atoms with E-state index in [-0.39, 0.29) is 0 Å². The Morgan fingerprint density at radius 3 is 3.05 bits per heavy atom. The van der Waals surface area contributed by atoms with Crippen LogP contribution in [0.25, 0.3) is 0 Å². The van der Waals surface area contributed by atoms with Gasteiger partial charge in [0.05, 0.1) is 0 Å². The second kappa shape index (κ2) is 7.13. The van der Waals surface area contributed by atoms with Crippen LogP contribution in [0.4, 0.5) is 11.6 Å². The fourth-order valence-electron chi connectivity index (χ4n) is 2.76. The third-order valence-corrected chi connectivity index (χ3v) is 4.90. The number of rotatable bonds is 4. The van der Waals surface area contributed by atoms with Gasteiger partial charge in [0.25, 0.3) is 0 Å². The first-order chi connectivity index (χ1) is 9.92. The summed E-state index contributed by atoms with van der Waals surface area (Å²) in [4.78, 5) is 11.1. The molecule has 1 aromatic heterocycles. The highest BCUT2D eigenvalue weighted by atomic mass is 32.2. The number of anilines is 2. The molecule has 3 rings (SSSR count). The van der Waals surface area contributed by atoms with E-state index in [0.29, 0.717) is 5.92 Å². The summed E-state index contributed by atoms with van der Waals surface area (Å²) >= 11 is 2.02. The first-order valence-corrected chi connectivity index (χ1v) is 8.66. The van der Waals surface area contributed by atoms with Crippen LogP contribution in [0, 0.1) is 5.92 Å². The molecule has 5 nitrogen and oxygen atoms in total. The lowest BCUT2D eigenvalue weighted by molar-refractivity contribution is 0.392. The number of thioether (sulfide) groups is 1. The minimum atomic E-state index is 0.716. The highest BCUT2D eigenvalue weighted by Crippen LogP contribution is 2.19. The number of nitrogens with one attached hydrogen (secondary N) is 2. The zero-order valence-corrected chi connectivity index (χ0v) is 12.7. The van der Waals surface area contributed by atoms with Crippen LogP contribution >= 0.6 is 11.8 Å². The first kappa shape index (κ1) is 13.9. The van der Waals surface area contributed by atoms with E-state index in [1.165, 1.54) is 30.9 Å². The molecule has 0 aromatic carbocycles. The Bertz CT molecular complexity index is 416. The average Bonchev–Trinajstić information content (AvgIpc) is 2.55. The summed E-state index contributed by atoms with van der Waals surface area (Å²) in [7, 11) is 0. The van der Waals surface area contributed by atoms with Crippen LogP contribution in [0.15, 0.2) is 12.4 Å². The molecule has 0 saturated carbocycles. The lowest BCUT2D eigenvalue weighted by Crippen LogP contribution is -2.34. The normalized spacial score (nSPS) is 23.6. The van der Waals surface area contributed by atoms with Crippen molar-refractivity contribution in [2.45, 2.75) is 12.8 Å². The van der Waals surface area contributed by atoms with Crippen LogP contribution in [0.5, 0.6) is 0 Å². The summed E-state index contributed by atoms with van der Waals surface area (Å²) in [5.74, 6) is 5.12. The predicted molar refractivity (Wildman–Crippen MR) is 85.7 cm³/mol. The summed E-state index contributed by atoms with van der Waals surface area (Å²) in [5, 5.41) is 6.92. The maximum atomic E-state index is 4.41. The second-order valence-electron chi connectivity index (χ2n) is 5.45. The van der Waals surface area contributed by atoms with Gasteiger partial charge in [0, 0.05) is 37.2 Å². The van der Waals surface area contributed by atoms with Crippen molar-refractivity contribution in [1.29, 1.82) is 0 Å². The lowest BCUT2D eigenvalue weighted by Gasteiger charge is -2.27. The van der Waals surface area contributed by atoms with Crippen LogP contribution in [0.1, 0.15) is 12.8 Å². The molecule has 0 spiro atoms. The minimum absolute atomic E-state index is 0.716. The van der Waals surface area contributed by atoms with Crippen LogP contribution in [-0.4, -0.2) is 54.2 Å². The maximum Gasteiger partial charge on any atom is 0.134 e. The van der Waals surface area contributed by atoms with Crippen LogP contribution < -0.4 is 15.5 Å². The molecular weight excluding hydrogens is 270 g/mol. The fraction of sp³-hybridized carbons (Fsp3) is 0.714. The Labute approximate surface area is 124 Å². The summed E-state index contributed by atoms with van der Waals surface area (Å²) < 4.78 is 0. The highest BCUT2D eigenvalue weighted by molar-refractivity contribution is 7.99. The van der Waals surface area contributed by atoms with Crippen molar-refractivity contribution >= 4 is 23.4 Å². The Kier molecular flexibility index (Phi) is 4.97. The number of piperidine rings is 1. The van der Waals surface area contributed by atoms with Gasteiger partial charge in [0.2, 0.25) is 0 Å². The van der Waals surface area contributed by atoms with Gasteiger partial charge in [-0.2, -0.15) is 11.8 Å². The average molecular weight is 293 g/mol. The van der Waals surface area contributed by atoms with E-state index >= 15 is 0 Å². The van der Waals surface area contributed by atoms with E-state index in [2.05, 4.69) is 31.6 Å². The molecule has 2 N–H and O–H groups in total. The van der Waals surface area contributed by atoms with Gasteiger partial charge in [-0.3, -0.25) is 0 Å². The number of nitrogens with zero attached hydrogens (tertiary/aromatic N) is 3. The number of hydrogen-bond acceptors (Lipinski definition) is 6.